The van der Waals surface area contributed by atoms with Crippen LogP contribution < -0.4 is 0 Å². The number of carbonyl (C=O) groups excluding carboxylic acids is 1. The second kappa shape index (κ2) is 6.93. The molecule has 0 spiro atoms. The molecule has 3 heterocycles. The molecule has 1 amide bonds. The lowest BCUT2D eigenvalue weighted by Gasteiger charge is -2.30. The molecule has 8 heteroatoms. The van der Waals surface area contributed by atoms with Crippen molar-refractivity contribution in [2.45, 2.75) is 19.9 Å². The van der Waals surface area contributed by atoms with E-state index in [4.69, 9.17) is 0 Å². The summed E-state index contributed by atoms with van der Waals surface area (Å²) in [6.45, 7) is 5.24. The average molecular weight is 401 g/mol. The van der Waals surface area contributed by atoms with Crippen LogP contribution in [0.3, 0.4) is 0 Å². The Kier molecular flexibility index (Phi) is 4.71. The van der Waals surface area contributed by atoms with Crippen molar-refractivity contribution < 1.29 is 13.2 Å². The number of nitrogens with zero attached hydrogens (tertiary/aromatic N) is 4. The van der Waals surface area contributed by atoms with E-state index in [0.717, 1.165) is 11.1 Å². The predicted octanol–water partition coefficient (Wildman–Crippen LogP) is 1.80. The Labute approximate surface area is 165 Å². The molecule has 28 heavy (non-hydrogen) atoms. The van der Waals surface area contributed by atoms with Crippen molar-refractivity contribution in [3.8, 4) is 0 Å². The minimum absolute atomic E-state index is 0.0751. The average Bonchev–Trinajstić information content (AvgIpc) is 3.20. The third kappa shape index (κ3) is 3.31. The molecule has 7 nitrogen and oxygen atoms in total. The van der Waals surface area contributed by atoms with Gasteiger partial charge in [0, 0.05) is 37.9 Å². The highest BCUT2D eigenvalue weighted by molar-refractivity contribution is 7.88. The standard InChI is InChI=1S/C20H24N4O3S/c1-13-6-4-5-7-17(13)19-18-12-23(28(3,26)27)10-16(18)11-24(19)20(25)15-8-21-14(2)22-9-15/h4-9,16,18-19H,10-12H2,1-3H3/t16-,18-,19+/m0/s1. The molecule has 0 N–H and O–H groups in total. The largest absolute Gasteiger partial charge is 0.331 e. The zero-order valence-electron chi connectivity index (χ0n) is 16.2. The summed E-state index contributed by atoms with van der Waals surface area (Å²) in [6.07, 6.45) is 4.39. The minimum atomic E-state index is -3.25. The number of amides is 1. The Balaban J connectivity index is 1.72. The first-order valence-electron chi connectivity index (χ1n) is 9.36. The fraction of sp³-hybridized carbons (Fsp3) is 0.450. The maximum Gasteiger partial charge on any atom is 0.257 e. The molecule has 0 aliphatic carbocycles. The van der Waals surface area contributed by atoms with Crippen LogP contribution in [-0.4, -0.2) is 59.4 Å². The topological polar surface area (TPSA) is 83.5 Å². The number of fused-ring (bicyclic) bond motifs is 1. The van der Waals surface area contributed by atoms with Gasteiger partial charge in [-0.25, -0.2) is 22.7 Å². The van der Waals surface area contributed by atoms with Crippen molar-refractivity contribution in [1.29, 1.82) is 0 Å². The van der Waals surface area contributed by atoms with Gasteiger partial charge in [-0.05, 0) is 30.9 Å². The molecular weight excluding hydrogens is 376 g/mol. The van der Waals surface area contributed by atoms with Gasteiger partial charge in [0.25, 0.3) is 5.91 Å². The van der Waals surface area contributed by atoms with Crippen LogP contribution in [0.25, 0.3) is 0 Å². The second-order valence-corrected chi connectivity index (χ2v) is 9.76. The third-order valence-electron chi connectivity index (χ3n) is 5.90. The molecule has 1 aromatic heterocycles. The summed E-state index contributed by atoms with van der Waals surface area (Å²) >= 11 is 0. The van der Waals surface area contributed by atoms with Gasteiger partial charge >= 0.3 is 0 Å². The van der Waals surface area contributed by atoms with Gasteiger partial charge in [0.15, 0.2) is 0 Å². The number of likely N-dealkylation sites (tertiary alicyclic amines) is 1. The van der Waals surface area contributed by atoms with E-state index < -0.39 is 10.0 Å². The van der Waals surface area contributed by atoms with Gasteiger partial charge in [-0.1, -0.05) is 24.3 Å². The molecule has 2 aliphatic rings. The summed E-state index contributed by atoms with van der Waals surface area (Å²) in [6, 6.07) is 7.85. The van der Waals surface area contributed by atoms with E-state index in [1.165, 1.54) is 6.26 Å². The fourth-order valence-electron chi connectivity index (χ4n) is 4.47. The van der Waals surface area contributed by atoms with Crippen molar-refractivity contribution in [3.05, 3.63) is 59.2 Å². The number of hydrogen-bond donors (Lipinski definition) is 0. The van der Waals surface area contributed by atoms with Crippen LogP contribution in [0.5, 0.6) is 0 Å². The van der Waals surface area contributed by atoms with Crippen LogP contribution >= 0.6 is 0 Å². The van der Waals surface area contributed by atoms with Crippen LogP contribution in [-0.2, 0) is 10.0 Å². The number of rotatable bonds is 3. The van der Waals surface area contributed by atoms with E-state index in [9.17, 15) is 13.2 Å². The number of carbonyl (C=O) groups is 1. The molecule has 3 atom stereocenters. The first-order valence-corrected chi connectivity index (χ1v) is 11.2. The van der Waals surface area contributed by atoms with E-state index in [2.05, 4.69) is 9.97 Å². The van der Waals surface area contributed by atoms with E-state index in [0.29, 0.717) is 31.0 Å². The smallest absolute Gasteiger partial charge is 0.257 e. The highest BCUT2D eigenvalue weighted by Crippen LogP contribution is 2.46. The Morgan fingerprint density at radius 1 is 1.07 bits per heavy atom. The van der Waals surface area contributed by atoms with Gasteiger partial charge in [0.1, 0.15) is 5.82 Å². The van der Waals surface area contributed by atoms with Gasteiger partial charge in [0.05, 0.1) is 17.9 Å². The summed E-state index contributed by atoms with van der Waals surface area (Å²) in [5.41, 5.74) is 2.64. The molecule has 2 saturated heterocycles. The minimum Gasteiger partial charge on any atom is -0.331 e. The summed E-state index contributed by atoms with van der Waals surface area (Å²) in [7, 11) is -3.25. The molecule has 0 unspecified atom stereocenters. The van der Waals surface area contributed by atoms with E-state index in [-0.39, 0.29) is 23.8 Å². The number of aromatic nitrogens is 2. The molecule has 0 saturated carbocycles. The van der Waals surface area contributed by atoms with E-state index in [1.807, 2.05) is 36.1 Å². The second-order valence-electron chi connectivity index (χ2n) is 7.78. The summed E-state index contributed by atoms with van der Waals surface area (Å²) < 4.78 is 25.7. The highest BCUT2D eigenvalue weighted by atomic mass is 32.2. The summed E-state index contributed by atoms with van der Waals surface area (Å²) in [4.78, 5) is 23.5. The molecule has 2 aliphatic heterocycles. The Bertz CT molecular complexity index is 1010. The Hall–Kier alpha value is -2.32. The molecule has 0 bridgehead atoms. The molecule has 4 rings (SSSR count). The normalized spacial score (nSPS) is 25.1. The number of hydrogen-bond acceptors (Lipinski definition) is 5. The van der Waals surface area contributed by atoms with Crippen LogP contribution in [0.15, 0.2) is 36.7 Å². The first-order chi connectivity index (χ1) is 13.3. The number of aryl methyl sites for hydroxylation is 2. The maximum atomic E-state index is 13.3. The molecule has 148 valence electrons. The van der Waals surface area contributed by atoms with Gasteiger partial charge in [-0.3, -0.25) is 4.79 Å². The summed E-state index contributed by atoms with van der Waals surface area (Å²) in [5, 5.41) is 0. The molecule has 0 radical (unpaired) electrons. The molecule has 1 aromatic carbocycles. The molecule has 2 aromatic rings. The van der Waals surface area contributed by atoms with Crippen molar-refractivity contribution in [1.82, 2.24) is 19.2 Å². The van der Waals surface area contributed by atoms with Gasteiger partial charge in [0.2, 0.25) is 10.0 Å². The van der Waals surface area contributed by atoms with Crippen molar-refractivity contribution >= 4 is 15.9 Å². The van der Waals surface area contributed by atoms with Crippen LogP contribution in [0.1, 0.15) is 33.4 Å². The highest BCUT2D eigenvalue weighted by Gasteiger charge is 2.51. The number of sulfonamides is 1. The number of benzene rings is 1. The predicted molar refractivity (Wildman–Crippen MR) is 105 cm³/mol. The lowest BCUT2D eigenvalue weighted by molar-refractivity contribution is 0.0707. The fourth-order valence-corrected chi connectivity index (χ4v) is 5.38. The van der Waals surface area contributed by atoms with Crippen LogP contribution in [0.2, 0.25) is 0 Å². The lowest BCUT2D eigenvalue weighted by atomic mass is 9.87. The summed E-state index contributed by atoms with van der Waals surface area (Å²) in [5.74, 6) is 0.712. The van der Waals surface area contributed by atoms with Crippen molar-refractivity contribution in [2.75, 3.05) is 25.9 Å². The monoisotopic (exact) mass is 400 g/mol. The van der Waals surface area contributed by atoms with Crippen molar-refractivity contribution in [3.63, 3.8) is 0 Å². The Morgan fingerprint density at radius 2 is 1.75 bits per heavy atom. The molecule has 2 fully saturated rings. The van der Waals surface area contributed by atoms with Gasteiger partial charge in [-0.15, -0.1) is 0 Å². The van der Waals surface area contributed by atoms with Gasteiger partial charge in [-0.2, -0.15) is 0 Å². The van der Waals surface area contributed by atoms with Gasteiger partial charge < -0.3 is 4.90 Å². The third-order valence-corrected chi connectivity index (χ3v) is 7.13. The lowest BCUT2D eigenvalue weighted by Crippen LogP contribution is -2.37. The van der Waals surface area contributed by atoms with E-state index >= 15 is 0 Å². The van der Waals surface area contributed by atoms with Crippen LogP contribution in [0, 0.1) is 25.7 Å². The zero-order chi connectivity index (χ0) is 20.1. The first kappa shape index (κ1) is 19.0. The SMILES string of the molecule is Cc1ncc(C(=O)N2C[C@@H]3CN(S(C)(=O)=O)C[C@@H]3[C@H]2c2ccccc2C)cn1. The maximum absolute atomic E-state index is 13.3. The molecular formula is C20H24N4O3S. The zero-order valence-corrected chi connectivity index (χ0v) is 17.1. The Morgan fingerprint density at radius 3 is 2.39 bits per heavy atom. The van der Waals surface area contributed by atoms with Crippen LogP contribution in [0.4, 0.5) is 0 Å². The van der Waals surface area contributed by atoms with E-state index in [1.54, 1.807) is 23.6 Å². The van der Waals surface area contributed by atoms with Crippen molar-refractivity contribution in [2.24, 2.45) is 11.8 Å². The quantitative estimate of drug-likeness (QED) is 0.784.